The number of carbonyl (C=O) groups excluding carboxylic acids is 2. The zero-order valence-corrected chi connectivity index (χ0v) is 16.0. The molecule has 0 aromatic carbocycles. The van der Waals surface area contributed by atoms with Gasteiger partial charge in [-0.15, -0.1) is 0 Å². The molecular weight excluding hydrogens is 314 g/mol. The van der Waals surface area contributed by atoms with Gasteiger partial charge in [0.1, 0.15) is 5.54 Å². The Bertz CT molecular complexity index is 612. The van der Waals surface area contributed by atoms with Crippen LogP contribution in [0.5, 0.6) is 0 Å². The number of hydrogen-bond acceptors (Lipinski definition) is 3. The molecule has 1 atom stereocenters. The third kappa shape index (κ3) is 3.21. The standard InChI is InChI=1S/C20H31N3O2/c1-5-15(2)17(24)22-11-9-20(10-12-22)18(25)21-14-23(20)16-7-6-8-19(3,4)13-16/h6-8,15H,5,9-14H2,1-4H3,(H,21,25). The highest BCUT2D eigenvalue weighted by atomic mass is 16.2. The second kappa shape index (κ2) is 6.50. The first-order chi connectivity index (χ1) is 11.8. The molecule has 2 saturated heterocycles. The molecule has 0 radical (unpaired) electrons. The maximum Gasteiger partial charge on any atom is 0.247 e. The fourth-order valence-corrected chi connectivity index (χ4v) is 4.24. The fourth-order valence-electron chi connectivity index (χ4n) is 4.24. The van der Waals surface area contributed by atoms with E-state index in [1.54, 1.807) is 0 Å². The Morgan fingerprint density at radius 2 is 2.00 bits per heavy atom. The quantitative estimate of drug-likeness (QED) is 0.855. The van der Waals surface area contributed by atoms with Gasteiger partial charge in [-0.25, -0.2) is 0 Å². The van der Waals surface area contributed by atoms with Crippen LogP contribution >= 0.6 is 0 Å². The van der Waals surface area contributed by atoms with Crippen LogP contribution in [0, 0.1) is 11.3 Å². The van der Waals surface area contributed by atoms with E-state index in [2.05, 4.69) is 42.3 Å². The van der Waals surface area contributed by atoms with Gasteiger partial charge >= 0.3 is 0 Å². The fraction of sp³-hybridized carbons (Fsp3) is 0.700. The molecule has 1 spiro atoms. The topological polar surface area (TPSA) is 52.7 Å². The van der Waals surface area contributed by atoms with Crippen molar-refractivity contribution in [3.05, 3.63) is 23.9 Å². The molecule has 1 aliphatic carbocycles. The Morgan fingerprint density at radius 3 is 2.60 bits per heavy atom. The zero-order valence-electron chi connectivity index (χ0n) is 16.0. The number of amides is 2. The number of carbonyl (C=O) groups is 2. The SMILES string of the molecule is CCC(C)C(=O)N1CCC2(CC1)C(=O)NCN2C1=CC=CC(C)(C)C1. The Balaban J connectivity index is 1.76. The van der Waals surface area contributed by atoms with E-state index in [0.29, 0.717) is 32.6 Å². The molecule has 5 heteroatoms. The van der Waals surface area contributed by atoms with Gasteiger partial charge in [-0.2, -0.15) is 0 Å². The van der Waals surface area contributed by atoms with Gasteiger partial charge in [0.2, 0.25) is 11.8 Å². The van der Waals surface area contributed by atoms with Gasteiger partial charge in [0.15, 0.2) is 0 Å². The number of likely N-dealkylation sites (tertiary alicyclic amines) is 1. The molecule has 0 bridgehead atoms. The van der Waals surface area contributed by atoms with E-state index in [4.69, 9.17) is 0 Å². The minimum Gasteiger partial charge on any atom is -0.343 e. The number of hydrogen-bond donors (Lipinski definition) is 1. The molecular formula is C20H31N3O2. The van der Waals surface area contributed by atoms with E-state index in [1.807, 2.05) is 18.7 Å². The lowest BCUT2D eigenvalue weighted by molar-refractivity contribution is -0.140. The molecule has 3 rings (SSSR count). The summed E-state index contributed by atoms with van der Waals surface area (Å²) in [5.41, 5.74) is 0.858. The van der Waals surface area contributed by atoms with Crippen LogP contribution < -0.4 is 5.32 Å². The molecule has 1 N–H and O–H groups in total. The van der Waals surface area contributed by atoms with Crippen molar-refractivity contribution in [3.63, 3.8) is 0 Å². The Labute approximate surface area is 151 Å². The second-order valence-corrected chi connectivity index (χ2v) is 8.44. The molecule has 25 heavy (non-hydrogen) atoms. The van der Waals surface area contributed by atoms with E-state index in [9.17, 15) is 9.59 Å². The summed E-state index contributed by atoms with van der Waals surface area (Å²) in [6.07, 6.45) is 9.70. The second-order valence-electron chi connectivity index (χ2n) is 8.44. The third-order valence-electron chi connectivity index (χ3n) is 6.09. The highest BCUT2D eigenvalue weighted by Crippen LogP contribution is 2.40. The van der Waals surface area contributed by atoms with Crippen LogP contribution in [-0.4, -0.2) is 46.9 Å². The average molecular weight is 345 g/mol. The summed E-state index contributed by atoms with van der Waals surface area (Å²) in [6.45, 7) is 10.4. The summed E-state index contributed by atoms with van der Waals surface area (Å²) in [5.74, 6) is 0.411. The summed E-state index contributed by atoms with van der Waals surface area (Å²) < 4.78 is 0. The van der Waals surface area contributed by atoms with Crippen LogP contribution in [0.25, 0.3) is 0 Å². The zero-order chi connectivity index (χ0) is 18.2. The van der Waals surface area contributed by atoms with Crippen molar-refractivity contribution in [2.75, 3.05) is 19.8 Å². The summed E-state index contributed by atoms with van der Waals surface area (Å²) >= 11 is 0. The average Bonchev–Trinajstić information content (AvgIpc) is 2.90. The van der Waals surface area contributed by atoms with Crippen molar-refractivity contribution in [1.82, 2.24) is 15.1 Å². The van der Waals surface area contributed by atoms with E-state index in [1.165, 1.54) is 5.70 Å². The van der Waals surface area contributed by atoms with Crippen molar-refractivity contribution in [1.29, 1.82) is 0 Å². The number of piperidine rings is 1. The lowest BCUT2D eigenvalue weighted by atomic mass is 9.81. The maximum absolute atomic E-state index is 12.7. The first-order valence-corrected chi connectivity index (χ1v) is 9.52. The smallest absolute Gasteiger partial charge is 0.247 e. The van der Waals surface area contributed by atoms with Gasteiger partial charge in [0, 0.05) is 24.7 Å². The van der Waals surface area contributed by atoms with E-state index in [0.717, 1.165) is 12.8 Å². The Hall–Kier alpha value is -1.78. The normalized spacial score (nSPS) is 25.8. The summed E-state index contributed by atoms with van der Waals surface area (Å²) in [7, 11) is 0. The third-order valence-corrected chi connectivity index (χ3v) is 6.09. The molecule has 1 unspecified atom stereocenters. The van der Waals surface area contributed by atoms with E-state index in [-0.39, 0.29) is 23.1 Å². The predicted molar refractivity (Wildman–Crippen MR) is 98.5 cm³/mol. The first-order valence-electron chi connectivity index (χ1n) is 9.52. The summed E-state index contributed by atoms with van der Waals surface area (Å²) in [5, 5.41) is 3.05. The Kier molecular flexibility index (Phi) is 4.69. The van der Waals surface area contributed by atoms with E-state index < -0.39 is 5.54 Å². The van der Waals surface area contributed by atoms with Crippen molar-refractivity contribution < 1.29 is 9.59 Å². The molecule has 2 amide bonds. The number of rotatable bonds is 3. The first kappa shape index (κ1) is 18.0. The van der Waals surface area contributed by atoms with Crippen molar-refractivity contribution >= 4 is 11.8 Å². The highest BCUT2D eigenvalue weighted by molar-refractivity contribution is 5.89. The number of nitrogens with one attached hydrogen (secondary N) is 1. The summed E-state index contributed by atoms with van der Waals surface area (Å²) in [4.78, 5) is 29.4. The van der Waals surface area contributed by atoms with Gasteiger partial charge in [-0.3, -0.25) is 9.59 Å². The number of allylic oxidation sites excluding steroid dienone is 4. The molecule has 0 aromatic heterocycles. The van der Waals surface area contributed by atoms with Gasteiger partial charge in [-0.1, -0.05) is 39.8 Å². The van der Waals surface area contributed by atoms with Crippen LogP contribution in [-0.2, 0) is 9.59 Å². The van der Waals surface area contributed by atoms with Crippen molar-refractivity contribution in [3.8, 4) is 0 Å². The van der Waals surface area contributed by atoms with Crippen LogP contribution in [0.3, 0.4) is 0 Å². The van der Waals surface area contributed by atoms with Crippen LogP contribution in [0.1, 0.15) is 53.4 Å². The lowest BCUT2D eigenvalue weighted by Crippen LogP contribution is -2.57. The molecule has 2 heterocycles. The van der Waals surface area contributed by atoms with Crippen LogP contribution in [0.4, 0.5) is 0 Å². The molecule has 2 fully saturated rings. The number of nitrogens with zero attached hydrogens (tertiary/aromatic N) is 2. The predicted octanol–water partition coefficient (Wildman–Crippen LogP) is 2.65. The molecule has 138 valence electrons. The monoisotopic (exact) mass is 345 g/mol. The largest absolute Gasteiger partial charge is 0.343 e. The van der Waals surface area contributed by atoms with Gasteiger partial charge in [-0.05, 0) is 37.2 Å². The molecule has 3 aliphatic rings. The van der Waals surface area contributed by atoms with Gasteiger partial charge < -0.3 is 15.1 Å². The lowest BCUT2D eigenvalue weighted by Gasteiger charge is -2.45. The Morgan fingerprint density at radius 1 is 1.32 bits per heavy atom. The van der Waals surface area contributed by atoms with Gasteiger partial charge in [0.25, 0.3) is 0 Å². The summed E-state index contributed by atoms with van der Waals surface area (Å²) in [6, 6.07) is 0. The van der Waals surface area contributed by atoms with Crippen LogP contribution in [0.2, 0.25) is 0 Å². The van der Waals surface area contributed by atoms with E-state index >= 15 is 0 Å². The maximum atomic E-state index is 12.7. The highest BCUT2D eigenvalue weighted by Gasteiger charge is 2.51. The molecule has 0 aromatic rings. The van der Waals surface area contributed by atoms with Crippen molar-refractivity contribution in [2.24, 2.45) is 11.3 Å². The minimum atomic E-state index is -0.487. The molecule has 0 saturated carbocycles. The van der Waals surface area contributed by atoms with Gasteiger partial charge in [0.05, 0.1) is 6.67 Å². The van der Waals surface area contributed by atoms with Crippen LogP contribution in [0.15, 0.2) is 23.9 Å². The molecule has 5 nitrogen and oxygen atoms in total. The molecule has 2 aliphatic heterocycles. The van der Waals surface area contributed by atoms with Crippen molar-refractivity contribution in [2.45, 2.75) is 58.9 Å². The minimum absolute atomic E-state index is 0.0644.